The molecule has 27 heavy (non-hydrogen) atoms. The summed E-state index contributed by atoms with van der Waals surface area (Å²) in [5.74, 6) is 0.266. The van der Waals surface area contributed by atoms with E-state index in [1.54, 1.807) is 24.3 Å². The molecule has 0 radical (unpaired) electrons. The lowest BCUT2D eigenvalue weighted by atomic mass is 9.87. The van der Waals surface area contributed by atoms with E-state index in [1.807, 2.05) is 45.0 Å². The minimum absolute atomic E-state index is 0.231. The first-order chi connectivity index (χ1) is 12.6. The van der Waals surface area contributed by atoms with Gasteiger partial charge in [-0.05, 0) is 56.2 Å². The molecule has 1 heterocycles. The van der Waals surface area contributed by atoms with Crippen LogP contribution in [0.2, 0.25) is 0 Å². The van der Waals surface area contributed by atoms with Crippen molar-refractivity contribution in [2.75, 3.05) is 12.9 Å². The maximum atomic E-state index is 12.7. The number of hydrogen-bond donors (Lipinski definition) is 0. The van der Waals surface area contributed by atoms with Crippen LogP contribution in [-0.2, 0) is 19.4 Å². The molecule has 0 spiro atoms. The van der Waals surface area contributed by atoms with Gasteiger partial charge in [0.2, 0.25) is 0 Å². The molecular weight excluding hydrogens is 364 g/mol. The number of hydrogen-bond acceptors (Lipinski definition) is 5. The molecule has 0 unspecified atom stereocenters. The van der Waals surface area contributed by atoms with Crippen molar-refractivity contribution in [1.29, 1.82) is 0 Å². The summed E-state index contributed by atoms with van der Waals surface area (Å²) in [6, 6.07) is 13.8. The van der Waals surface area contributed by atoms with E-state index >= 15 is 0 Å². The highest BCUT2D eigenvalue weighted by molar-refractivity contribution is 7.90. The molecule has 1 aliphatic heterocycles. The molecule has 0 atom stereocenters. The number of esters is 1. The summed E-state index contributed by atoms with van der Waals surface area (Å²) in [5.41, 5.74) is 1.81. The van der Waals surface area contributed by atoms with Gasteiger partial charge in [0, 0.05) is 11.8 Å². The third-order valence-corrected chi connectivity index (χ3v) is 5.54. The SMILES string of the molecule is CCOc1cccc(C2=C(c3ccc(S(C)(=O)=O)cc3)C(C)(C)OC2=O)c1. The molecule has 3 rings (SSSR count). The van der Waals surface area contributed by atoms with Crippen LogP contribution in [0.15, 0.2) is 53.4 Å². The van der Waals surface area contributed by atoms with E-state index in [0.717, 1.165) is 17.4 Å². The molecule has 0 amide bonds. The highest BCUT2D eigenvalue weighted by Crippen LogP contribution is 2.44. The molecule has 0 saturated heterocycles. The van der Waals surface area contributed by atoms with Crippen molar-refractivity contribution in [1.82, 2.24) is 0 Å². The van der Waals surface area contributed by atoms with Gasteiger partial charge in [0.05, 0.1) is 17.1 Å². The summed E-state index contributed by atoms with van der Waals surface area (Å²) in [5, 5.41) is 0. The summed E-state index contributed by atoms with van der Waals surface area (Å²) in [6.45, 7) is 6.07. The van der Waals surface area contributed by atoms with Crippen molar-refractivity contribution in [3.8, 4) is 5.75 Å². The molecule has 0 N–H and O–H groups in total. The minimum atomic E-state index is -3.29. The molecule has 0 saturated carbocycles. The normalized spacial score (nSPS) is 16.4. The van der Waals surface area contributed by atoms with Gasteiger partial charge in [0.25, 0.3) is 0 Å². The number of sulfone groups is 1. The van der Waals surface area contributed by atoms with E-state index in [1.165, 1.54) is 0 Å². The Hall–Kier alpha value is -2.60. The lowest BCUT2D eigenvalue weighted by Crippen LogP contribution is -2.22. The smallest absolute Gasteiger partial charge is 0.340 e. The Bertz CT molecular complexity index is 1010. The summed E-state index contributed by atoms with van der Waals surface area (Å²) >= 11 is 0. The van der Waals surface area contributed by atoms with Crippen molar-refractivity contribution in [3.63, 3.8) is 0 Å². The Morgan fingerprint density at radius 2 is 1.70 bits per heavy atom. The molecule has 5 nitrogen and oxygen atoms in total. The number of carbonyl (C=O) groups is 1. The standard InChI is InChI=1S/C21H22O5S/c1-5-25-16-8-6-7-15(13-16)18-19(21(2,3)26-20(18)22)14-9-11-17(12-10-14)27(4,23)24/h6-13H,5H2,1-4H3. The monoisotopic (exact) mass is 386 g/mol. The fraction of sp³-hybridized carbons (Fsp3) is 0.286. The van der Waals surface area contributed by atoms with Gasteiger partial charge in [0.1, 0.15) is 11.4 Å². The Kier molecular flexibility index (Phi) is 4.86. The van der Waals surface area contributed by atoms with E-state index in [4.69, 9.17) is 9.47 Å². The Labute approximate surface area is 159 Å². The zero-order chi connectivity index (χ0) is 19.8. The topological polar surface area (TPSA) is 69.7 Å². The maximum absolute atomic E-state index is 12.7. The molecule has 142 valence electrons. The number of benzene rings is 2. The van der Waals surface area contributed by atoms with Gasteiger partial charge < -0.3 is 9.47 Å². The average molecular weight is 386 g/mol. The summed E-state index contributed by atoms with van der Waals surface area (Å²) in [6.07, 6.45) is 1.16. The second kappa shape index (κ2) is 6.85. The minimum Gasteiger partial charge on any atom is -0.494 e. The van der Waals surface area contributed by atoms with Crippen LogP contribution in [0.1, 0.15) is 31.9 Å². The van der Waals surface area contributed by atoms with Crippen molar-refractivity contribution in [2.24, 2.45) is 0 Å². The number of rotatable bonds is 5. The van der Waals surface area contributed by atoms with Gasteiger partial charge >= 0.3 is 5.97 Å². The third-order valence-electron chi connectivity index (χ3n) is 4.41. The highest BCUT2D eigenvalue weighted by atomic mass is 32.2. The van der Waals surface area contributed by atoms with Gasteiger partial charge in [-0.25, -0.2) is 13.2 Å². The van der Waals surface area contributed by atoms with Crippen LogP contribution in [0.25, 0.3) is 11.1 Å². The van der Waals surface area contributed by atoms with Crippen LogP contribution in [0, 0.1) is 0 Å². The van der Waals surface area contributed by atoms with Gasteiger partial charge in [-0.15, -0.1) is 0 Å². The summed E-state index contributed by atoms with van der Waals surface area (Å²) < 4.78 is 34.6. The largest absolute Gasteiger partial charge is 0.494 e. The van der Waals surface area contributed by atoms with Crippen molar-refractivity contribution in [3.05, 3.63) is 59.7 Å². The van der Waals surface area contributed by atoms with Gasteiger partial charge in [0.15, 0.2) is 9.84 Å². The van der Waals surface area contributed by atoms with Gasteiger partial charge in [-0.2, -0.15) is 0 Å². The van der Waals surface area contributed by atoms with E-state index in [9.17, 15) is 13.2 Å². The van der Waals surface area contributed by atoms with Crippen LogP contribution in [-0.4, -0.2) is 32.9 Å². The molecule has 0 fully saturated rings. The third kappa shape index (κ3) is 3.76. The summed E-state index contributed by atoms with van der Waals surface area (Å²) in [4.78, 5) is 12.9. The lowest BCUT2D eigenvalue weighted by molar-refractivity contribution is -0.141. The summed E-state index contributed by atoms with van der Waals surface area (Å²) in [7, 11) is -3.29. The van der Waals surface area contributed by atoms with Crippen LogP contribution < -0.4 is 4.74 Å². The van der Waals surface area contributed by atoms with E-state index in [2.05, 4.69) is 0 Å². The molecule has 2 aromatic rings. The molecule has 1 aliphatic rings. The second-order valence-corrected chi connectivity index (χ2v) is 8.92. The van der Waals surface area contributed by atoms with Crippen LogP contribution in [0.4, 0.5) is 0 Å². The van der Waals surface area contributed by atoms with Crippen molar-refractivity contribution >= 4 is 27.0 Å². The van der Waals surface area contributed by atoms with Crippen molar-refractivity contribution in [2.45, 2.75) is 31.3 Å². The predicted octanol–water partition coefficient (Wildman–Crippen LogP) is 3.74. The van der Waals surface area contributed by atoms with Gasteiger partial charge in [-0.1, -0.05) is 24.3 Å². The van der Waals surface area contributed by atoms with E-state index < -0.39 is 21.4 Å². The first-order valence-electron chi connectivity index (χ1n) is 8.65. The average Bonchev–Trinajstić information content (AvgIpc) is 2.83. The molecule has 0 bridgehead atoms. The zero-order valence-electron chi connectivity index (χ0n) is 15.8. The lowest BCUT2D eigenvalue weighted by Gasteiger charge is -2.22. The highest BCUT2D eigenvalue weighted by Gasteiger charge is 2.41. The molecular formula is C21H22O5S. The number of cyclic esters (lactones) is 1. The van der Waals surface area contributed by atoms with Gasteiger partial charge in [-0.3, -0.25) is 0 Å². The molecule has 2 aromatic carbocycles. The second-order valence-electron chi connectivity index (χ2n) is 6.91. The van der Waals surface area contributed by atoms with Crippen LogP contribution >= 0.6 is 0 Å². The molecule has 0 aromatic heterocycles. The number of carbonyl (C=O) groups excluding carboxylic acids is 1. The van der Waals surface area contributed by atoms with Crippen LogP contribution in [0.5, 0.6) is 5.75 Å². The Balaban J connectivity index is 2.18. The maximum Gasteiger partial charge on any atom is 0.340 e. The fourth-order valence-corrected chi connectivity index (χ4v) is 3.90. The molecule has 0 aliphatic carbocycles. The molecule has 6 heteroatoms. The van der Waals surface area contributed by atoms with E-state index in [0.29, 0.717) is 23.5 Å². The first kappa shape index (κ1) is 19.2. The van der Waals surface area contributed by atoms with E-state index in [-0.39, 0.29) is 4.90 Å². The Morgan fingerprint density at radius 3 is 2.30 bits per heavy atom. The Morgan fingerprint density at radius 1 is 1.04 bits per heavy atom. The fourth-order valence-electron chi connectivity index (χ4n) is 3.27. The zero-order valence-corrected chi connectivity index (χ0v) is 16.6. The quantitative estimate of drug-likeness (QED) is 0.732. The first-order valence-corrected chi connectivity index (χ1v) is 10.5. The number of ether oxygens (including phenoxy) is 2. The van der Waals surface area contributed by atoms with Crippen molar-refractivity contribution < 1.29 is 22.7 Å². The predicted molar refractivity (Wildman–Crippen MR) is 104 cm³/mol. The van der Waals surface area contributed by atoms with Crippen LogP contribution in [0.3, 0.4) is 0 Å².